The third kappa shape index (κ3) is 3.64. The monoisotopic (exact) mass is 208 g/mol. The second kappa shape index (κ2) is 5.88. The summed E-state index contributed by atoms with van der Waals surface area (Å²) in [6, 6.07) is 0. The Morgan fingerprint density at radius 3 is 3.27 bits per heavy atom. The predicted molar refractivity (Wildman–Crippen MR) is 60.8 cm³/mol. The summed E-state index contributed by atoms with van der Waals surface area (Å²) in [6.45, 7) is 4.56. The Labute approximate surface area is 90.9 Å². The normalized spacial score (nSPS) is 21.7. The van der Waals surface area contributed by atoms with Crippen LogP contribution < -0.4 is 10.6 Å². The number of nitrogens with one attached hydrogen (secondary N) is 3. The van der Waals surface area contributed by atoms with Crippen LogP contribution in [0, 0.1) is 5.92 Å². The highest BCUT2D eigenvalue weighted by molar-refractivity contribution is 4.94. The second-order valence-corrected chi connectivity index (χ2v) is 4.24. The van der Waals surface area contributed by atoms with Crippen LogP contribution in [0.25, 0.3) is 0 Å². The van der Waals surface area contributed by atoms with E-state index in [1.54, 1.807) is 6.33 Å². The number of aromatic amines is 1. The van der Waals surface area contributed by atoms with Crippen molar-refractivity contribution >= 4 is 0 Å². The molecule has 0 amide bonds. The minimum absolute atomic E-state index is 0.820. The molecule has 4 heteroatoms. The fraction of sp³-hybridized carbons (Fsp3) is 0.727. The number of nitrogens with zero attached hydrogens (tertiary/aromatic N) is 1. The van der Waals surface area contributed by atoms with Crippen LogP contribution >= 0.6 is 0 Å². The maximum atomic E-state index is 4.00. The van der Waals surface area contributed by atoms with Gasteiger partial charge in [-0.1, -0.05) is 0 Å². The molecule has 0 radical (unpaired) electrons. The molecule has 0 aromatic carbocycles. The van der Waals surface area contributed by atoms with Crippen molar-refractivity contribution in [3.63, 3.8) is 0 Å². The first-order valence-electron chi connectivity index (χ1n) is 5.84. The minimum Gasteiger partial charge on any atom is -0.348 e. The first-order valence-corrected chi connectivity index (χ1v) is 5.84. The van der Waals surface area contributed by atoms with E-state index in [9.17, 15) is 0 Å². The summed E-state index contributed by atoms with van der Waals surface area (Å²) in [5, 5.41) is 6.94. The van der Waals surface area contributed by atoms with E-state index >= 15 is 0 Å². The fourth-order valence-corrected chi connectivity index (χ4v) is 2.05. The van der Waals surface area contributed by atoms with Gasteiger partial charge in [-0.05, 0) is 38.4 Å². The summed E-state index contributed by atoms with van der Waals surface area (Å²) in [7, 11) is 0. The van der Waals surface area contributed by atoms with Crippen molar-refractivity contribution < 1.29 is 0 Å². The molecule has 1 saturated heterocycles. The van der Waals surface area contributed by atoms with E-state index in [1.165, 1.54) is 31.6 Å². The van der Waals surface area contributed by atoms with Gasteiger partial charge >= 0.3 is 0 Å². The molecule has 0 saturated carbocycles. The van der Waals surface area contributed by atoms with E-state index in [0.29, 0.717) is 0 Å². The van der Waals surface area contributed by atoms with E-state index in [0.717, 1.165) is 25.4 Å². The number of hydrogen-bond acceptors (Lipinski definition) is 3. The molecule has 3 N–H and O–H groups in total. The quantitative estimate of drug-likeness (QED) is 0.619. The molecular weight excluding hydrogens is 188 g/mol. The standard InChI is InChI=1S/C11H20N4/c1-2-10(6-12-4-1)7-13-5-3-11-8-14-9-15-11/h8-10,12-13H,1-7H2,(H,14,15). The smallest absolute Gasteiger partial charge is 0.0921 e. The number of aromatic nitrogens is 2. The SMILES string of the molecule is c1ncc(CCNCC2CCCNC2)[nH]1. The molecule has 0 aliphatic carbocycles. The lowest BCUT2D eigenvalue weighted by Crippen LogP contribution is -2.36. The van der Waals surface area contributed by atoms with Gasteiger partial charge in [0.05, 0.1) is 6.33 Å². The zero-order chi connectivity index (χ0) is 10.3. The number of H-pyrrole nitrogens is 1. The second-order valence-electron chi connectivity index (χ2n) is 4.24. The Morgan fingerprint density at radius 1 is 1.53 bits per heavy atom. The van der Waals surface area contributed by atoms with Crippen molar-refractivity contribution in [2.75, 3.05) is 26.2 Å². The van der Waals surface area contributed by atoms with Gasteiger partial charge in [-0.15, -0.1) is 0 Å². The van der Waals surface area contributed by atoms with Crippen molar-refractivity contribution in [2.24, 2.45) is 5.92 Å². The Hall–Kier alpha value is -0.870. The molecule has 15 heavy (non-hydrogen) atoms. The summed E-state index contributed by atoms with van der Waals surface area (Å²) < 4.78 is 0. The molecule has 4 nitrogen and oxygen atoms in total. The van der Waals surface area contributed by atoms with Gasteiger partial charge in [0, 0.05) is 24.9 Å². The van der Waals surface area contributed by atoms with Crippen LogP contribution in [0.1, 0.15) is 18.5 Å². The molecule has 84 valence electrons. The van der Waals surface area contributed by atoms with E-state index < -0.39 is 0 Å². The van der Waals surface area contributed by atoms with Crippen molar-refractivity contribution in [3.8, 4) is 0 Å². The van der Waals surface area contributed by atoms with Crippen LogP contribution in [-0.2, 0) is 6.42 Å². The van der Waals surface area contributed by atoms with Gasteiger partial charge in [0.25, 0.3) is 0 Å². The average molecular weight is 208 g/mol. The van der Waals surface area contributed by atoms with Crippen molar-refractivity contribution in [3.05, 3.63) is 18.2 Å². The van der Waals surface area contributed by atoms with E-state index in [2.05, 4.69) is 20.6 Å². The van der Waals surface area contributed by atoms with E-state index in [-0.39, 0.29) is 0 Å². The van der Waals surface area contributed by atoms with Crippen molar-refractivity contribution in [1.82, 2.24) is 20.6 Å². The molecular formula is C11H20N4. The number of hydrogen-bond donors (Lipinski definition) is 3. The zero-order valence-electron chi connectivity index (χ0n) is 9.13. The average Bonchev–Trinajstić information content (AvgIpc) is 2.79. The Bertz CT molecular complexity index is 252. The third-order valence-corrected chi connectivity index (χ3v) is 2.96. The third-order valence-electron chi connectivity index (χ3n) is 2.96. The first-order chi connectivity index (χ1) is 7.45. The van der Waals surface area contributed by atoms with E-state index in [4.69, 9.17) is 0 Å². The number of imidazole rings is 1. The van der Waals surface area contributed by atoms with Gasteiger partial charge in [0.1, 0.15) is 0 Å². The van der Waals surface area contributed by atoms with Crippen molar-refractivity contribution in [2.45, 2.75) is 19.3 Å². The molecule has 2 heterocycles. The summed E-state index contributed by atoms with van der Waals surface area (Å²) in [5.41, 5.74) is 1.21. The van der Waals surface area contributed by atoms with Crippen LogP contribution in [-0.4, -0.2) is 36.1 Å². The minimum atomic E-state index is 0.820. The Morgan fingerprint density at radius 2 is 2.53 bits per heavy atom. The van der Waals surface area contributed by atoms with Gasteiger partial charge in [-0.2, -0.15) is 0 Å². The van der Waals surface area contributed by atoms with Gasteiger partial charge in [-0.3, -0.25) is 0 Å². The maximum Gasteiger partial charge on any atom is 0.0921 e. The molecule has 1 aromatic heterocycles. The highest BCUT2D eigenvalue weighted by atomic mass is 14.9. The summed E-state index contributed by atoms with van der Waals surface area (Å²) >= 11 is 0. The van der Waals surface area contributed by atoms with Crippen molar-refractivity contribution in [1.29, 1.82) is 0 Å². The van der Waals surface area contributed by atoms with Gasteiger partial charge in [0.2, 0.25) is 0 Å². The summed E-state index contributed by atoms with van der Waals surface area (Å²) in [5.74, 6) is 0.820. The molecule has 0 spiro atoms. The zero-order valence-corrected chi connectivity index (χ0v) is 9.13. The fourth-order valence-electron chi connectivity index (χ4n) is 2.05. The van der Waals surface area contributed by atoms with Gasteiger partial charge in [0.15, 0.2) is 0 Å². The lowest BCUT2D eigenvalue weighted by atomic mass is 10.00. The summed E-state index contributed by atoms with van der Waals surface area (Å²) in [4.78, 5) is 7.11. The Kier molecular flexibility index (Phi) is 4.17. The summed E-state index contributed by atoms with van der Waals surface area (Å²) in [6.07, 6.45) is 7.36. The molecule has 2 rings (SSSR count). The lowest BCUT2D eigenvalue weighted by Gasteiger charge is -2.22. The van der Waals surface area contributed by atoms with Crippen LogP contribution in [0.3, 0.4) is 0 Å². The molecule has 1 unspecified atom stereocenters. The van der Waals surface area contributed by atoms with E-state index in [1.807, 2.05) is 6.20 Å². The highest BCUT2D eigenvalue weighted by Gasteiger charge is 2.11. The molecule has 1 fully saturated rings. The topological polar surface area (TPSA) is 52.7 Å². The first kappa shape index (κ1) is 10.6. The highest BCUT2D eigenvalue weighted by Crippen LogP contribution is 2.07. The number of piperidine rings is 1. The van der Waals surface area contributed by atoms with Gasteiger partial charge in [-0.25, -0.2) is 4.98 Å². The Balaban J connectivity index is 1.54. The van der Waals surface area contributed by atoms with Crippen LogP contribution in [0.5, 0.6) is 0 Å². The molecule has 0 bridgehead atoms. The molecule has 1 aliphatic rings. The predicted octanol–water partition coefficient (Wildman–Crippen LogP) is 0.541. The molecule has 1 atom stereocenters. The number of rotatable bonds is 5. The van der Waals surface area contributed by atoms with Crippen LogP contribution in [0.4, 0.5) is 0 Å². The molecule has 1 aliphatic heterocycles. The van der Waals surface area contributed by atoms with Gasteiger partial charge < -0.3 is 15.6 Å². The lowest BCUT2D eigenvalue weighted by molar-refractivity contribution is 0.361. The maximum absolute atomic E-state index is 4.00. The van der Waals surface area contributed by atoms with Crippen LogP contribution in [0.2, 0.25) is 0 Å². The van der Waals surface area contributed by atoms with Crippen LogP contribution in [0.15, 0.2) is 12.5 Å². The molecule has 1 aromatic rings. The largest absolute Gasteiger partial charge is 0.348 e.